The van der Waals surface area contributed by atoms with E-state index in [4.69, 9.17) is 9.47 Å². The minimum atomic E-state index is -4.44. The number of hydrogen-bond acceptors (Lipinski definition) is 4. The molecule has 1 aromatic carbocycles. The van der Waals surface area contributed by atoms with Gasteiger partial charge in [-0.15, -0.1) is 0 Å². The Morgan fingerprint density at radius 3 is 2.76 bits per heavy atom. The van der Waals surface area contributed by atoms with Crippen molar-refractivity contribution >= 4 is 16.9 Å². The standard InChI is InChI=1S/C19H21F4N3O3/c20-13-8-26(18(27)11-3-5-28-6-4-11)9-16(13)29-10-17-24-14-2-1-12(19(21,22)23)7-15(14)25-17/h1-2,7,11,13,16H,3-6,8-10H2,(H,24,25)/t13-,16+/m1/s1. The first-order valence-corrected chi connectivity index (χ1v) is 9.49. The topological polar surface area (TPSA) is 67.4 Å². The van der Waals surface area contributed by atoms with Gasteiger partial charge in [0.25, 0.3) is 0 Å². The fourth-order valence-electron chi connectivity index (χ4n) is 3.77. The smallest absolute Gasteiger partial charge is 0.381 e. The van der Waals surface area contributed by atoms with Gasteiger partial charge in [-0.25, -0.2) is 9.37 Å². The molecule has 2 aliphatic rings. The molecule has 6 nitrogen and oxygen atoms in total. The maximum absolute atomic E-state index is 14.4. The van der Waals surface area contributed by atoms with Crippen LogP contribution in [0.2, 0.25) is 0 Å². The molecule has 2 fully saturated rings. The van der Waals surface area contributed by atoms with E-state index in [2.05, 4.69) is 9.97 Å². The summed E-state index contributed by atoms with van der Waals surface area (Å²) in [6, 6.07) is 3.22. The molecule has 1 amide bonds. The zero-order valence-electron chi connectivity index (χ0n) is 15.5. The lowest BCUT2D eigenvalue weighted by Gasteiger charge is -2.26. The van der Waals surface area contributed by atoms with Crippen LogP contribution in [0.3, 0.4) is 0 Å². The van der Waals surface area contributed by atoms with Gasteiger partial charge in [-0.1, -0.05) is 0 Å². The third-order valence-electron chi connectivity index (χ3n) is 5.37. The Morgan fingerprint density at radius 1 is 1.28 bits per heavy atom. The molecule has 0 bridgehead atoms. The normalized spacial score (nSPS) is 23.8. The maximum atomic E-state index is 14.4. The van der Waals surface area contributed by atoms with Crippen molar-refractivity contribution < 1.29 is 31.8 Å². The number of hydrogen-bond donors (Lipinski definition) is 1. The molecule has 158 valence electrons. The van der Waals surface area contributed by atoms with Gasteiger partial charge in [0, 0.05) is 25.7 Å². The summed E-state index contributed by atoms with van der Waals surface area (Å²) in [7, 11) is 0. The van der Waals surface area contributed by atoms with Gasteiger partial charge in [0.2, 0.25) is 5.91 Å². The third kappa shape index (κ3) is 4.37. The number of amides is 1. The van der Waals surface area contributed by atoms with Crippen molar-refractivity contribution in [1.82, 2.24) is 14.9 Å². The lowest BCUT2D eigenvalue weighted by Crippen LogP contribution is -2.37. The van der Waals surface area contributed by atoms with E-state index >= 15 is 0 Å². The monoisotopic (exact) mass is 415 g/mol. The number of rotatable bonds is 4. The summed E-state index contributed by atoms with van der Waals surface area (Å²) >= 11 is 0. The lowest BCUT2D eigenvalue weighted by atomic mass is 9.99. The first-order chi connectivity index (χ1) is 13.8. The van der Waals surface area contributed by atoms with E-state index in [1.807, 2.05) is 0 Å². The van der Waals surface area contributed by atoms with E-state index in [-0.39, 0.29) is 37.0 Å². The summed E-state index contributed by atoms with van der Waals surface area (Å²) in [5.41, 5.74) is -0.169. The summed E-state index contributed by atoms with van der Waals surface area (Å²) in [5, 5.41) is 0. The van der Waals surface area contributed by atoms with E-state index in [0.717, 1.165) is 12.1 Å². The molecule has 0 radical (unpaired) electrons. The maximum Gasteiger partial charge on any atom is 0.416 e. The molecule has 0 unspecified atom stereocenters. The van der Waals surface area contributed by atoms with Crippen LogP contribution >= 0.6 is 0 Å². The molecule has 0 saturated carbocycles. The Bertz CT molecular complexity index is 879. The lowest BCUT2D eigenvalue weighted by molar-refractivity contribution is -0.138. The average Bonchev–Trinajstić information content (AvgIpc) is 3.28. The first kappa shape index (κ1) is 20.1. The molecule has 1 N–H and O–H groups in total. The van der Waals surface area contributed by atoms with Crippen LogP contribution in [0.15, 0.2) is 18.2 Å². The number of carbonyl (C=O) groups is 1. The van der Waals surface area contributed by atoms with Gasteiger partial charge in [0.1, 0.15) is 24.7 Å². The zero-order chi connectivity index (χ0) is 20.6. The number of aromatic nitrogens is 2. The minimum absolute atomic E-state index is 0.0179. The fourth-order valence-corrected chi connectivity index (χ4v) is 3.77. The summed E-state index contributed by atoms with van der Waals surface area (Å²) in [4.78, 5) is 21.0. The number of nitrogens with one attached hydrogen (secondary N) is 1. The van der Waals surface area contributed by atoms with Crippen LogP contribution in [0.5, 0.6) is 0 Å². The number of aromatic amines is 1. The number of halogens is 4. The van der Waals surface area contributed by atoms with Crippen molar-refractivity contribution in [1.29, 1.82) is 0 Å². The van der Waals surface area contributed by atoms with E-state index in [9.17, 15) is 22.4 Å². The van der Waals surface area contributed by atoms with Crippen molar-refractivity contribution in [3.05, 3.63) is 29.6 Å². The molecule has 2 aliphatic heterocycles. The summed E-state index contributed by atoms with van der Waals surface area (Å²) in [5.74, 6) is 0.0825. The predicted molar refractivity (Wildman–Crippen MR) is 94.7 cm³/mol. The van der Waals surface area contributed by atoms with Crippen molar-refractivity contribution in [3.63, 3.8) is 0 Å². The highest BCUT2D eigenvalue weighted by atomic mass is 19.4. The van der Waals surface area contributed by atoms with Gasteiger partial charge in [-0.3, -0.25) is 4.79 Å². The van der Waals surface area contributed by atoms with Crippen molar-refractivity contribution in [2.75, 3.05) is 26.3 Å². The minimum Gasteiger partial charge on any atom is -0.381 e. The largest absolute Gasteiger partial charge is 0.416 e. The quantitative estimate of drug-likeness (QED) is 0.780. The molecule has 0 aliphatic carbocycles. The van der Waals surface area contributed by atoms with Gasteiger partial charge < -0.3 is 19.4 Å². The molecular formula is C19H21F4N3O3. The number of fused-ring (bicyclic) bond motifs is 1. The second kappa shape index (κ2) is 7.91. The number of H-pyrrole nitrogens is 1. The van der Waals surface area contributed by atoms with Crippen LogP contribution < -0.4 is 0 Å². The zero-order valence-corrected chi connectivity index (χ0v) is 15.5. The molecule has 2 aromatic rings. The SMILES string of the molecule is O=C(C1CCOCC1)N1C[C@@H](F)[C@@H](OCc2nc3ccc(C(F)(F)F)cc3[nH]2)C1. The number of benzene rings is 1. The molecule has 0 spiro atoms. The van der Waals surface area contributed by atoms with Gasteiger partial charge in [0.15, 0.2) is 0 Å². The number of carbonyl (C=O) groups excluding carboxylic acids is 1. The van der Waals surface area contributed by atoms with E-state index < -0.39 is 24.0 Å². The Hall–Kier alpha value is -2.20. The summed E-state index contributed by atoms with van der Waals surface area (Å²) in [6.07, 6.45) is -5.28. The molecule has 10 heteroatoms. The molecular weight excluding hydrogens is 394 g/mol. The van der Waals surface area contributed by atoms with Crippen LogP contribution in [0, 0.1) is 5.92 Å². The Balaban J connectivity index is 1.36. The number of imidazole rings is 1. The Labute approximate surface area is 164 Å². The number of alkyl halides is 4. The Morgan fingerprint density at radius 2 is 2.03 bits per heavy atom. The van der Waals surface area contributed by atoms with Crippen LogP contribution in [0.1, 0.15) is 24.2 Å². The average molecular weight is 415 g/mol. The van der Waals surface area contributed by atoms with Crippen LogP contribution in [-0.2, 0) is 27.1 Å². The second-order valence-electron chi connectivity index (χ2n) is 7.41. The van der Waals surface area contributed by atoms with Crippen LogP contribution in [-0.4, -0.2) is 59.4 Å². The summed E-state index contributed by atoms with van der Waals surface area (Å²) in [6.45, 7) is 1.11. The number of likely N-dealkylation sites (tertiary alicyclic amines) is 1. The molecule has 1 aromatic heterocycles. The summed E-state index contributed by atoms with van der Waals surface area (Å²) < 4.78 is 63.6. The van der Waals surface area contributed by atoms with Crippen LogP contribution in [0.4, 0.5) is 17.6 Å². The number of nitrogens with zero attached hydrogens (tertiary/aromatic N) is 2. The third-order valence-corrected chi connectivity index (χ3v) is 5.37. The molecule has 3 heterocycles. The van der Waals surface area contributed by atoms with Gasteiger partial charge in [-0.05, 0) is 31.0 Å². The second-order valence-corrected chi connectivity index (χ2v) is 7.41. The van der Waals surface area contributed by atoms with Gasteiger partial charge in [-0.2, -0.15) is 13.2 Å². The van der Waals surface area contributed by atoms with Crippen molar-refractivity contribution in [2.45, 2.75) is 37.9 Å². The van der Waals surface area contributed by atoms with Crippen LogP contribution in [0.25, 0.3) is 11.0 Å². The Kier molecular flexibility index (Phi) is 5.48. The highest BCUT2D eigenvalue weighted by Gasteiger charge is 2.39. The first-order valence-electron chi connectivity index (χ1n) is 9.49. The highest BCUT2D eigenvalue weighted by molar-refractivity contribution is 5.79. The van der Waals surface area contributed by atoms with Gasteiger partial charge >= 0.3 is 6.18 Å². The molecule has 2 atom stereocenters. The van der Waals surface area contributed by atoms with Crippen molar-refractivity contribution in [2.24, 2.45) is 5.92 Å². The predicted octanol–water partition coefficient (Wildman–Crippen LogP) is 3.07. The molecule has 29 heavy (non-hydrogen) atoms. The van der Waals surface area contributed by atoms with E-state index in [1.54, 1.807) is 0 Å². The molecule has 2 saturated heterocycles. The van der Waals surface area contributed by atoms with Crippen molar-refractivity contribution in [3.8, 4) is 0 Å². The van der Waals surface area contributed by atoms with Gasteiger partial charge in [0.05, 0.1) is 23.1 Å². The highest BCUT2D eigenvalue weighted by Crippen LogP contribution is 2.31. The fraction of sp³-hybridized carbons (Fsp3) is 0.579. The van der Waals surface area contributed by atoms with E-state index in [1.165, 1.54) is 11.0 Å². The number of ether oxygens (including phenoxy) is 2. The molecule has 4 rings (SSSR count). The van der Waals surface area contributed by atoms with E-state index in [0.29, 0.717) is 37.4 Å².